The highest BCUT2D eigenvalue weighted by Gasteiger charge is 2.72. The van der Waals surface area contributed by atoms with Crippen LogP contribution in [0.4, 0.5) is 0 Å². The minimum atomic E-state index is -0.908. The van der Waals surface area contributed by atoms with Gasteiger partial charge in [-0.1, -0.05) is 24.3 Å². The van der Waals surface area contributed by atoms with Gasteiger partial charge in [0.15, 0.2) is 17.6 Å². The van der Waals surface area contributed by atoms with Gasteiger partial charge in [-0.3, -0.25) is 4.90 Å². The number of ether oxygens (including phenoxy) is 1. The molecule has 3 N–H and O–H groups in total. The van der Waals surface area contributed by atoms with Gasteiger partial charge < -0.3 is 19.9 Å². The van der Waals surface area contributed by atoms with Crippen LogP contribution in [0.25, 0.3) is 10.9 Å². The Balaban J connectivity index is 1.43. The summed E-state index contributed by atoms with van der Waals surface area (Å²) in [6.45, 7) is 2.07. The molecule has 2 fully saturated rings. The maximum atomic E-state index is 12.7. The molecule has 5 nitrogen and oxygen atoms in total. The maximum Gasteiger partial charge on any atom is 0.166 e. The van der Waals surface area contributed by atoms with Gasteiger partial charge in [-0.15, -0.1) is 0 Å². The van der Waals surface area contributed by atoms with Crippen LogP contribution >= 0.6 is 0 Å². The van der Waals surface area contributed by atoms with Gasteiger partial charge in [0.1, 0.15) is 0 Å². The smallest absolute Gasteiger partial charge is 0.166 e. The number of aromatic amines is 1. The summed E-state index contributed by atoms with van der Waals surface area (Å²) in [6.07, 6.45) is 4.66. The van der Waals surface area contributed by atoms with E-state index in [0.717, 1.165) is 48.6 Å². The lowest BCUT2D eigenvalue weighted by Gasteiger charge is -2.62. The van der Waals surface area contributed by atoms with Gasteiger partial charge in [-0.2, -0.15) is 0 Å². The fraction of sp³-hybridized carbons (Fsp3) is 0.462. The third kappa shape index (κ3) is 1.84. The van der Waals surface area contributed by atoms with Crippen LogP contribution in [0.2, 0.25) is 0 Å². The second kappa shape index (κ2) is 5.28. The molecule has 0 radical (unpaired) electrons. The van der Waals surface area contributed by atoms with E-state index in [1.807, 2.05) is 6.07 Å². The molecular weight excluding hydrogens is 388 g/mol. The first kappa shape index (κ1) is 17.1. The molecule has 2 unspecified atom stereocenters. The van der Waals surface area contributed by atoms with Crippen LogP contribution in [-0.2, 0) is 18.3 Å². The van der Waals surface area contributed by atoms with Gasteiger partial charge in [0, 0.05) is 35.5 Å². The molecule has 2 aromatic carbocycles. The first-order valence-electron chi connectivity index (χ1n) is 11.7. The quantitative estimate of drug-likeness (QED) is 0.600. The summed E-state index contributed by atoms with van der Waals surface area (Å²) in [5.74, 6) is 1.58. The standard InChI is InChI=1S/C26H26N2O3/c29-19-8-7-15-11-20-26(30)12-17-16-3-1-2-4-18(16)27-22(17)24-25(26,21(15)23(19)31-24)9-10-28(20)13-14-5-6-14/h1-4,7-8,14,20,24,27,29-30H,5-6,9-13H2/t20?,24?,25-,26+/m0/s1. The van der Waals surface area contributed by atoms with Gasteiger partial charge in [0.2, 0.25) is 0 Å². The van der Waals surface area contributed by atoms with E-state index < -0.39 is 11.0 Å². The molecule has 3 heterocycles. The van der Waals surface area contributed by atoms with Gasteiger partial charge in [-0.25, -0.2) is 0 Å². The molecule has 1 saturated carbocycles. The predicted molar refractivity (Wildman–Crippen MR) is 117 cm³/mol. The van der Waals surface area contributed by atoms with Gasteiger partial charge in [0.05, 0.1) is 16.7 Å². The zero-order valence-electron chi connectivity index (χ0n) is 17.4. The highest BCUT2D eigenvalue weighted by atomic mass is 16.5. The first-order chi connectivity index (χ1) is 15.1. The summed E-state index contributed by atoms with van der Waals surface area (Å²) in [5, 5.41) is 24.6. The van der Waals surface area contributed by atoms with Crippen molar-refractivity contribution >= 4 is 10.9 Å². The van der Waals surface area contributed by atoms with Crippen LogP contribution in [-0.4, -0.2) is 44.8 Å². The number of likely N-dealkylation sites (tertiary alicyclic amines) is 1. The summed E-state index contributed by atoms with van der Waals surface area (Å²) in [5.41, 5.74) is 4.27. The first-order valence-corrected chi connectivity index (χ1v) is 11.7. The van der Waals surface area contributed by atoms with Crippen molar-refractivity contribution in [3.8, 4) is 11.5 Å². The van der Waals surface area contributed by atoms with E-state index in [1.165, 1.54) is 29.4 Å². The molecule has 1 saturated heterocycles. The summed E-state index contributed by atoms with van der Waals surface area (Å²) in [6, 6.07) is 12.3. The lowest BCUT2D eigenvalue weighted by molar-refractivity contribution is -0.173. The molecule has 1 aromatic heterocycles. The Morgan fingerprint density at radius 3 is 2.90 bits per heavy atom. The van der Waals surface area contributed by atoms with E-state index in [0.29, 0.717) is 12.2 Å². The molecule has 0 amide bonds. The van der Waals surface area contributed by atoms with E-state index >= 15 is 0 Å². The molecule has 5 aliphatic rings. The second-order valence-corrected chi connectivity index (χ2v) is 10.5. The van der Waals surface area contributed by atoms with Crippen LogP contribution < -0.4 is 4.74 Å². The monoisotopic (exact) mass is 414 g/mol. The molecule has 1 spiro atoms. The Morgan fingerprint density at radius 1 is 1.16 bits per heavy atom. The molecule has 8 rings (SSSR count). The number of rotatable bonds is 2. The number of phenols is 1. The SMILES string of the molecule is Oc1ccc2c3c1OC1c4[nH]c5ccccc5c4C[C@@]4(O)C(C2)N(CC2CC2)CC[C@]314. The molecule has 2 bridgehead atoms. The number of aromatic nitrogens is 1. The van der Waals surface area contributed by atoms with Crippen LogP contribution in [0.1, 0.15) is 47.8 Å². The van der Waals surface area contributed by atoms with Crippen LogP contribution in [0.15, 0.2) is 36.4 Å². The molecule has 2 aliphatic heterocycles. The van der Waals surface area contributed by atoms with Gasteiger partial charge in [0.25, 0.3) is 0 Å². The maximum absolute atomic E-state index is 12.7. The Kier molecular flexibility index (Phi) is 2.91. The number of aromatic hydroxyl groups is 1. The molecule has 4 atom stereocenters. The van der Waals surface area contributed by atoms with Crippen molar-refractivity contribution in [2.75, 3.05) is 13.1 Å². The predicted octanol–water partition coefficient (Wildman–Crippen LogP) is 3.57. The zero-order chi connectivity index (χ0) is 20.5. The number of piperidine rings is 1. The van der Waals surface area contributed by atoms with Crippen molar-refractivity contribution in [1.29, 1.82) is 0 Å². The summed E-state index contributed by atoms with van der Waals surface area (Å²) < 4.78 is 6.60. The Hall–Kier alpha value is -2.50. The fourth-order valence-corrected chi connectivity index (χ4v) is 7.57. The highest BCUT2D eigenvalue weighted by Crippen LogP contribution is 2.69. The number of fused-ring (bicyclic) bond motifs is 4. The third-order valence-corrected chi connectivity index (χ3v) is 9.07. The Bertz CT molecular complexity index is 1280. The largest absolute Gasteiger partial charge is 0.504 e. The minimum Gasteiger partial charge on any atom is -0.504 e. The van der Waals surface area contributed by atoms with Crippen molar-refractivity contribution < 1.29 is 14.9 Å². The number of benzene rings is 2. The average Bonchev–Trinajstić information content (AvgIpc) is 3.40. The molecule has 3 aromatic rings. The average molecular weight is 415 g/mol. The van der Waals surface area contributed by atoms with Crippen LogP contribution in [0.3, 0.4) is 0 Å². The van der Waals surface area contributed by atoms with Crippen molar-refractivity contribution in [2.24, 2.45) is 5.92 Å². The van der Waals surface area contributed by atoms with Crippen molar-refractivity contribution in [3.63, 3.8) is 0 Å². The molecule has 3 aliphatic carbocycles. The summed E-state index contributed by atoms with van der Waals surface area (Å²) in [4.78, 5) is 6.22. The second-order valence-electron chi connectivity index (χ2n) is 10.5. The van der Waals surface area contributed by atoms with Crippen LogP contribution in [0.5, 0.6) is 11.5 Å². The van der Waals surface area contributed by atoms with E-state index in [2.05, 4.69) is 34.1 Å². The number of H-pyrrole nitrogens is 1. The van der Waals surface area contributed by atoms with Gasteiger partial charge in [-0.05, 0) is 61.4 Å². The lowest BCUT2D eigenvalue weighted by Crippen LogP contribution is -2.74. The van der Waals surface area contributed by atoms with Crippen molar-refractivity contribution in [1.82, 2.24) is 9.88 Å². The number of aliphatic hydroxyl groups is 1. The number of phenolic OH excluding ortho intramolecular Hbond substituents is 1. The van der Waals surface area contributed by atoms with Crippen molar-refractivity contribution in [2.45, 2.75) is 55.3 Å². The molecule has 5 heteroatoms. The normalized spacial score (nSPS) is 35.0. The fourth-order valence-electron chi connectivity index (χ4n) is 7.57. The van der Waals surface area contributed by atoms with E-state index in [9.17, 15) is 10.2 Å². The Morgan fingerprint density at radius 2 is 2.03 bits per heavy atom. The Labute approximate surface area is 180 Å². The third-order valence-electron chi connectivity index (χ3n) is 9.07. The van der Waals surface area contributed by atoms with E-state index in [1.54, 1.807) is 6.07 Å². The number of para-hydroxylation sites is 1. The minimum absolute atomic E-state index is 0.0813. The number of hydrogen-bond acceptors (Lipinski definition) is 4. The van der Waals surface area contributed by atoms with E-state index in [-0.39, 0.29) is 17.9 Å². The van der Waals surface area contributed by atoms with E-state index in [4.69, 9.17) is 4.74 Å². The van der Waals surface area contributed by atoms with Gasteiger partial charge >= 0.3 is 0 Å². The zero-order valence-corrected chi connectivity index (χ0v) is 17.4. The van der Waals surface area contributed by atoms with Crippen molar-refractivity contribution in [3.05, 3.63) is 58.8 Å². The molecular formula is C26H26N2O3. The number of hydrogen-bond donors (Lipinski definition) is 3. The summed E-state index contributed by atoms with van der Waals surface area (Å²) >= 11 is 0. The van der Waals surface area contributed by atoms with Crippen LogP contribution in [0, 0.1) is 5.92 Å². The highest BCUT2D eigenvalue weighted by molar-refractivity contribution is 5.86. The summed E-state index contributed by atoms with van der Waals surface area (Å²) in [7, 11) is 0. The number of nitrogens with zero attached hydrogens (tertiary/aromatic N) is 1. The topological polar surface area (TPSA) is 68.7 Å². The lowest BCUT2D eigenvalue weighted by atomic mass is 9.49. The number of nitrogens with one attached hydrogen (secondary N) is 1. The molecule has 158 valence electrons. The molecule has 31 heavy (non-hydrogen) atoms.